The van der Waals surface area contributed by atoms with Crippen LogP contribution in [0.15, 0.2) is 23.1 Å². The normalized spacial score (nSPS) is 10.6. The Bertz CT molecular complexity index is 681. The molecule has 0 atom stereocenters. The predicted octanol–water partition coefficient (Wildman–Crippen LogP) is 3.96. The van der Waals surface area contributed by atoms with Gasteiger partial charge in [0.1, 0.15) is 15.7 Å². The first-order valence-electron chi connectivity index (χ1n) is 6.12. The van der Waals surface area contributed by atoms with Gasteiger partial charge in [0.15, 0.2) is 11.5 Å². The number of aromatic nitrogens is 1. The summed E-state index contributed by atoms with van der Waals surface area (Å²) in [7, 11) is 0. The minimum absolute atomic E-state index is 0.0354. The highest BCUT2D eigenvalue weighted by molar-refractivity contribution is 7.99. The summed E-state index contributed by atoms with van der Waals surface area (Å²) in [5.74, 6) is -1.41. The number of carbonyl (C=O) groups excluding carboxylic acids is 1. The van der Waals surface area contributed by atoms with Crippen LogP contribution in [0.5, 0.6) is 0 Å². The van der Waals surface area contributed by atoms with Gasteiger partial charge in [-0.25, -0.2) is 14.2 Å². The lowest BCUT2D eigenvalue weighted by Crippen LogP contribution is -2.03. The van der Waals surface area contributed by atoms with Crippen LogP contribution in [-0.4, -0.2) is 27.6 Å². The number of aromatic carboxylic acids is 1. The van der Waals surface area contributed by atoms with Crippen LogP contribution in [0.25, 0.3) is 10.6 Å². The number of nitrogens with zero attached hydrogens (tertiary/aromatic N) is 1. The molecular formula is C14H12FNO3S2. The Morgan fingerprint density at radius 1 is 1.43 bits per heavy atom. The third kappa shape index (κ3) is 3.14. The number of ketones is 1. The number of carboxylic acids is 1. The van der Waals surface area contributed by atoms with E-state index in [0.29, 0.717) is 4.90 Å². The van der Waals surface area contributed by atoms with Gasteiger partial charge in [-0.1, -0.05) is 13.0 Å². The van der Waals surface area contributed by atoms with Crippen molar-refractivity contribution < 1.29 is 19.1 Å². The van der Waals surface area contributed by atoms with E-state index in [-0.39, 0.29) is 21.1 Å². The summed E-state index contributed by atoms with van der Waals surface area (Å²) in [4.78, 5) is 27.3. The second-order valence-electron chi connectivity index (χ2n) is 4.10. The Morgan fingerprint density at radius 2 is 2.14 bits per heavy atom. The van der Waals surface area contributed by atoms with Crippen LogP contribution in [0, 0.1) is 5.82 Å². The van der Waals surface area contributed by atoms with Crippen molar-refractivity contribution in [2.24, 2.45) is 0 Å². The number of thioether (sulfide) groups is 1. The largest absolute Gasteiger partial charge is 0.476 e. The number of halogens is 1. The van der Waals surface area contributed by atoms with Crippen molar-refractivity contribution in [2.75, 3.05) is 5.75 Å². The standard InChI is InChI=1S/C14H12FNO3S2/c1-3-20-9-6-4-5-8(15)10(9)13-16-11(14(18)19)12(21-13)7(2)17/h4-6H,3H2,1-2H3,(H,18,19). The van der Waals surface area contributed by atoms with E-state index in [9.17, 15) is 14.0 Å². The Morgan fingerprint density at radius 3 is 2.67 bits per heavy atom. The van der Waals surface area contributed by atoms with E-state index >= 15 is 0 Å². The van der Waals surface area contributed by atoms with Crippen LogP contribution in [-0.2, 0) is 0 Å². The van der Waals surface area contributed by atoms with Gasteiger partial charge in [0.05, 0.1) is 5.56 Å². The van der Waals surface area contributed by atoms with E-state index in [4.69, 9.17) is 5.11 Å². The number of rotatable bonds is 5. The minimum atomic E-state index is -1.29. The molecule has 0 bridgehead atoms. The zero-order valence-corrected chi connectivity index (χ0v) is 13.0. The summed E-state index contributed by atoms with van der Waals surface area (Å²) in [6.07, 6.45) is 0. The number of hydrogen-bond donors (Lipinski definition) is 1. The van der Waals surface area contributed by atoms with E-state index in [1.165, 1.54) is 24.8 Å². The molecule has 110 valence electrons. The fourth-order valence-corrected chi connectivity index (χ4v) is 3.70. The van der Waals surface area contributed by atoms with Crippen LogP contribution in [0.3, 0.4) is 0 Å². The van der Waals surface area contributed by atoms with Gasteiger partial charge in [0.25, 0.3) is 0 Å². The van der Waals surface area contributed by atoms with Gasteiger partial charge in [-0.2, -0.15) is 0 Å². The Labute approximate surface area is 129 Å². The van der Waals surface area contributed by atoms with E-state index in [1.54, 1.807) is 12.1 Å². The summed E-state index contributed by atoms with van der Waals surface area (Å²) in [5, 5.41) is 9.32. The zero-order chi connectivity index (χ0) is 15.6. The summed E-state index contributed by atoms with van der Waals surface area (Å²) < 4.78 is 14.1. The average Bonchev–Trinajstić information content (AvgIpc) is 2.84. The van der Waals surface area contributed by atoms with Crippen LogP contribution in [0.1, 0.15) is 34.0 Å². The van der Waals surface area contributed by atoms with Crippen molar-refractivity contribution in [1.29, 1.82) is 0 Å². The van der Waals surface area contributed by atoms with Gasteiger partial charge in [-0.05, 0) is 17.9 Å². The maximum absolute atomic E-state index is 14.1. The molecule has 0 spiro atoms. The number of Topliss-reactive ketones (excluding diaryl/α,β-unsaturated/α-hetero) is 1. The maximum atomic E-state index is 14.1. The topological polar surface area (TPSA) is 67.3 Å². The van der Waals surface area contributed by atoms with Crippen molar-refractivity contribution >= 4 is 34.9 Å². The first-order valence-corrected chi connectivity index (χ1v) is 7.92. The lowest BCUT2D eigenvalue weighted by Gasteiger charge is -2.06. The number of thiazole rings is 1. The highest BCUT2D eigenvalue weighted by Gasteiger charge is 2.23. The highest BCUT2D eigenvalue weighted by atomic mass is 32.2. The van der Waals surface area contributed by atoms with Gasteiger partial charge in [-0.15, -0.1) is 23.1 Å². The number of carboxylic acid groups (broad SMARTS) is 1. The number of benzene rings is 1. The molecule has 1 aromatic carbocycles. The molecule has 1 heterocycles. The van der Waals surface area contributed by atoms with E-state index in [2.05, 4.69) is 4.98 Å². The van der Waals surface area contributed by atoms with Gasteiger partial charge >= 0.3 is 5.97 Å². The Balaban J connectivity index is 2.65. The second-order valence-corrected chi connectivity index (χ2v) is 6.41. The molecule has 1 aromatic heterocycles. The Hall–Kier alpha value is -1.73. The molecule has 21 heavy (non-hydrogen) atoms. The smallest absolute Gasteiger partial charge is 0.356 e. The first kappa shape index (κ1) is 15.7. The van der Waals surface area contributed by atoms with E-state index < -0.39 is 17.6 Å². The molecule has 1 N–H and O–H groups in total. The lowest BCUT2D eigenvalue weighted by molar-refractivity contribution is 0.0687. The molecule has 0 fully saturated rings. The van der Waals surface area contributed by atoms with Crippen LogP contribution < -0.4 is 0 Å². The van der Waals surface area contributed by atoms with Crippen LogP contribution in [0.4, 0.5) is 4.39 Å². The van der Waals surface area contributed by atoms with Crippen molar-refractivity contribution in [3.63, 3.8) is 0 Å². The average molecular weight is 325 g/mol. The molecule has 4 nitrogen and oxygen atoms in total. The van der Waals surface area contributed by atoms with E-state index in [1.807, 2.05) is 6.92 Å². The zero-order valence-electron chi connectivity index (χ0n) is 11.3. The third-order valence-electron chi connectivity index (χ3n) is 2.64. The fraction of sp³-hybridized carbons (Fsp3) is 0.214. The summed E-state index contributed by atoms with van der Waals surface area (Å²) in [6, 6.07) is 4.64. The molecule has 2 aromatic rings. The quantitative estimate of drug-likeness (QED) is 0.665. The molecule has 0 aliphatic rings. The van der Waals surface area contributed by atoms with Crippen molar-refractivity contribution in [1.82, 2.24) is 4.98 Å². The summed E-state index contributed by atoms with van der Waals surface area (Å²) in [6.45, 7) is 3.21. The number of carbonyl (C=O) groups is 2. The number of hydrogen-bond acceptors (Lipinski definition) is 5. The molecule has 0 aliphatic heterocycles. The van der Waals surface area contributed by atoms with Crippen molar-refractivity contribution in [3.05, 3.63) is 34.6 Å². The lowest BCUT2D eigenvalue weighted by atomic mass is 10.2. The first-order chi connectivity index (χ1) is 9.95. The molecule has 0 radical (unpaired) electrons. The molecule has 2 rings (SSSR count). The monoisotopic (exact) mass is 325 g/mol. The Kier molecular flexibility index (Phi) is 4.74. The van der Waals surface area contributed by atoms with Gasteiger partial charge in [0.2, 0.25) is 0 Å². The molecule has 7 heteroatoms. The van der Waals surface area contributed by atoms with Crippen LogP contribution in [0.2, 0.25) is 0 Å². The second kappa shape index (κ2) is 6.36. The molecular weight excluding hydrogens is 313 g/mol. The van der Waals surface area contributed by atoms with Crippen molar-refractivity contribution in [3.8, 4) is 10.6 Å². The SMILES string of the molecule is CCSc1cccc(F)c1-c1nc(C(=O)O)c(C(C)=O)s1. The summed E-state index contributed by atoms with van der Waals surface area (Å²) >= 11 is 2.35. The highest BCUT2D eigenvalue weighted by Crippen LogP contribution is 2.37. The van der Waals surface area contributed by atoms with Gasteiger partial charge in [0, 0.05) is 11.8 Å². The summed E-state index contributed by atoms with van der Waals surface area (Å²) in [5.41, 5.74) is -0.0671. The van der Waals surface area contributed by atoms with Gasteiger partial charge in [-0.3, -0.25) is 4.79 Å². The third-order valence-corrected chi connectivity index (χ3v) is 4.75. The molecule has 0 unspecified atom stereocenters. The predicted molar refractivity (Wildman–Crippen MR) is 80.9 cm³/mol. The van der Waals surface area contributed by atoms with Crippen molar-refractivity contribution in [2.45, 2.75) is 18.7 Å². The minimum Gasteiger partial charge on any atom is -0.476 e. The molecule has 0 saturated heterocycles. The maximum Gasteiger partial charge on any atom is 0.356 e. The van der Waals surface area contributed by atoms with Gasteiger partial charge < -0.3 is 5.11 Å². The molecule has 0 amide bonds. The fourth-order valence-electron chi connectivity index (χ4n) is 1.80. The van der Waals surface area contributed by atoms with Crippen LogP contribution >= 0.6 is 23.1 Å². The molecule has 0 aliphatic carbocycles. The molecule has 0 saturated carbocycles. The van der Waals surface area contributed by atoms with E-state index in [0.717, 1.165) is 17.1 Å².